The van der Waals surface area contributed by atoms with Crippen molar-refractivity contribution in [2.45, 2.75) is 0 Å². The van der Waals surface area contributed by atoms with Crippen molar-refractivity contribution in [2.75, 3.05) is 18.5 Å². The Balaban J connectivity index is 1.94. The number of benzene rings is 1. The number of nitrogens with one attached hydrogen (secondary N) is 3. The van der Waals surface area contributed by atoms with E-state index in [0.29, 0.717) is 5.02 Å². The molecule has 1 aromatic rings. The minimum Gasteiger partial charge on any atom is -0.353 e. The molecule has 0 saturated heterocycles. The fraction of sp³-hybridized carbons (Fsp3) is 0.222. The third kappa shape index (κ3) is 2.09. The van der Waals surface area contributed by atoms with E-state index < -0.39 is 0 Å². The fourth-order valence-electron chi connectivity index (χ4n) is 1.17. The number of rotatable bonds is 2. The first-order valence-electron chi connectivity index (χ1n) is 4.41. The zero-order valence-electron chi connectivity index (χ0n) is 7.55. The zero-order chi connectivity index (χ0) is 9.80. The normalized spacial score (nSPS) is 14.5. The van der Waals surface area contributed by atoms with Gasteiger partial charge in [0.15, 0.2) is 0 Å². The second-order valence-corrected chi connectivity index (χ2v) is 3.29. The molecular weight excluding hydrogens is 200 g/mol. The Morgan fingerprint density at radius 3 is 2.86 bits per heavy atom. The van der Waals surface area contributed by atoms with Crippen LogP contribution in [0.5, 0.6) is 0 Å². The van der Waals surface area contributed by atoms with E-state index in [4.69, 9.17) is 11.6 Å². The van der Waals surface area contributed by atoms with Crippen molar-refractivity contribution in [2.24, 2.45) is 4.99 Å². The molecule has 0 saturated carbocycles. The molecule has 4 nitrogen and oxygen atoms in total. The van der Waals surface area contributed by atoms with E-state index >= 15 is 0 Å². The van der Waals surface area contributed by atoms with Crippen LogP contribution >= 0.6 is 11.6 Å². The number of halogens is 1. The third-order valence-electron chi connectivity index (χ3n) is 1.86. The molecular formula is C9H11ClN4. The predicted molar refractivity (Wildman–Crippen MR) is 58.5 cm³/mol. The van der Waals surface area contributed by atoms with Crippen molar-refractivity contribution in [3.63, 3.8) is 0 Å². The van der Waals surface area contributed by atoms with Crippen LogP contribution in [0.2, 0.25) is 5.02 Å². The third-order valence-corrected chi connectivity index (χ3v) is 2.19. The van der Waals surface area contributed by atoms with E-state index in [-0.39, 0.29) is 0 Å². The molecule has 2 rings (SSSR count). The maximum absolute atomic E-state index is 5.95. The largest absolute Gasteiger partial charge is 0.353 e. The Morgan fingerprint density at radius 1 is 1.29 bits per heavy atom. The van der Waals surface area contributed by atoms with Crippen molar-refractivity contribution >= 4 is 23.2 Å². The van der Waals surface area contributed by atoms with E-state index in [1.165, 1.54) is 0 Å². The smallest absolute Gasteiger partial charge is 0.210 e. The molecule has 0 amide bonds. The van der Waals surface area contributed by atoms with E-state index in [2.05, 4.69) is 21.2 Å². The molecule has 5 heteroatoms. The van der Waals surface area contributed by atoms with E-state index in [9.17, 15) is 0 Å². The molecule has 1 heterocycles. The summed E-state index contributed by atoms with van der Waals surface area (Å²) in [5.41, 5.74) is 6.76. The van der Waals surface area contributed by atoms with Gasteiger partial charge in [-0.25, -0.2) is 0 Å². The van der Waals surface area contributed by atoms with E-state index in [1.54, 1.807) is 0 Å². The molecule has 14 heavy (non-hydrogen) atoms. The summed E-state index contributed by atoms with van der Waals surface area (Å²) in [6.45, 7) is 1.69. The van der Waals surface area contributed by atoms with Crippen molar-refractivity contribution in [3.05, 3.63) is 29.3 Å². The topological polar surface area (TPSA) is 48.5 Å². The summed E-state index contributed by atoms with van der Waals surface area (Å²) in [4.78, 5) is 4.17. The second-order valence-electron chi connectivity index (χ2n) is 2.89. The highest BCUT2D eigenvalue weighted by Crippen LogP contribution is 2.19. The Bertz CT molecular complexity index is 350. The molecule has 0 radical (unpaired) electrons. The summed E-state index contributed by atoms with van der Waals surface area (Å²) in [6.07, 6.45) is 0. The van der Waals surface area contributed by atoms with Crippen LogP contribution in [0.3, 0.4) is 0 Å². The van der Waals surface area contributed by atoms with Crippen LogP contribution in [0, 0.1) is 0 Å². The Morgan fingerprint density at radius 2 is 2.14 bits per heavy atom. The lowest BCUT2D eigenvalue weighted by molar-refractivity contribution is 0.937. The van der Waals surface area contributed by atoms with Crippen LogP contribution in [0.4, 0.5) is 5.69 Å². The molecule has 0 spiro atoms. The van der Waals surface area contributed by atoms with E-state index in [0.717, 1.165) is 24.7 Å². The number of hydrogen-bond donors (Lipinski definition) is 3. The van der Waals surface area contributed by atoms with E-state index in [1.807, 2.05) is 24.3 Å². The van der Waals surface area contributed by atoms with Crippen LogP contribution in [0.15, 0.2) is 29.3 Å². The van der Waals surface area contributed by atoms with Gasteiger partial charge in [0.05, 0.1) is 17.3 Å². The number of aliphatic imine (C=N–C) groups is 1. The van der Waals surface area contributed by atoms with Gasteiger partial charge in [-0.2, -0.15) is 0 Å². The SMILES string of the molecule is Clc1ccccc1NNC1=NCCN1. The van der Waals surface area contributed by atoms with Gasteiger partial charge in [0.2, 0.25) is 5.96 Å². The van der Waals surface area contributed by atoms with Gasteiger partial charge in [-0.3, -0.25) is 15.8 Å². The van der Waals surface area contributed by atoms with Gasteiger partial charge in [-0.15, -0.1) is 0 Å². The summed E-state index contributed by atoms with van der Waals surface area (Å²) in [6, 6.07) is 7.53. The summed E-state index contributed by atoms with van der Waals surface area (Å²) in [7, 11) is 0. The van der Waals surface area contributed by atoms with Gasteiger partial charge in [-0.05, 0) is 12.1 Å². The molecule has 0 fully saturated rings. The minimum absolute atomic E-state index is 0.679. The fourth-order valence-corrected chi connectivity index (χ4v) is 1.35. The van der Waals surface area contributed by atoms with Crippen LogP contribution < -0.4 is 16.2 Å². The Labute approximate surface area is 87.3 Å². The molecule has 1 aromatic carbocycles. The molecule has 0 bridgehead atoms. The van der Waals surface area contributed by atoms with Crippen molar-refractivity contribution in [3.8, 4) is 0 Å². The van der Waals surface area contributed by atoms with Crippen LogP contribution in [0.25, 0.3) is 0 Å². The molecule has 3 N–H and O–H groups in total. The molecule has 0 aromatic heterocycles. The van der Waals surface area contributed by atoms with Gasteiger partial charge < -0.3 is 5.32 Å². The maximum atomic E-state index is 5.95. The Kier molecular flexibility index (Phi) is 2.74. The number of hydrazine groups is 1. The molecule has 0 atom stereocenters. The standard InChI is InChI=1S/C9H11ClN4/c10-7-3-1-2-4-8(7)13-14-9-11-5-6-12-9/h1-4,13H,5-6H2,(H2,11,12,14). The average molecular weight is 211 g/mol. The van der Waals surface area contributed by atoms with Gasteiger partial charge in [0.1, 0.15) is 0 Å². The van der Waals surface area contributed by atoms with Crippen molar-refractivity contribution < 1.29 is 0 Å². The highest BCUT2D eigenvalue weighted by Gasteiger charge is 2.03. The highest BCUT2D eigenvalue weighted by atomic mass is 35.5. The quantitative estimate of drug-likeness (QED) is 0.644. The first-order valence-corrected chi connectivity index (χ1v) is 4.79. The summed E-state index contributed by atoms with van der Waals surface area (Å²) >= 11 is 5.95. The average Bonchev–Trinajstić information content (AvgIpc) is 2.69. The monoisotopic (exact) mass is 210 g/mol. The molecule has 1 aliphatic rings. The lowest BCUT2D eigenvalue weighted by Gasteiger charge is -2.10. The molecule has 0 unspecified atom stereocenters. The number of anilines is 1. The van der Waals surface area contributed by atoms with Crippen LogP contribution in [-0.2, 0) is 0 Å². The number of hydrogen-bond acceptors (Lipinski definition) is 4. The summed E-state index contributed by atoms with van der Waals surface area (Å²) in [5, 5.41) is 3.76. The zero-order valence-corrected chi connectivity index (χ0v) is 8.30. The number of nitrogens with zero attached hydrogens (tertiary/aromatic N) is 1. The van der Waals surface area contributed by atoms with Gasteiger partial charge in [0, 0.05) is 6.54 Å². The molecule has 1 aliphatic heterocycles. The summed E-state index contributed by atoms with van der Waals surface area (Å²) < 4.78 is 0. The lowest BCUT2D eigenvalue weighted by atomic mass is 10.3. The maximum Gasteiger partial charge on any atom is 0.210 e. The summed E-state index contributed by atoms with van der Waals surface area (Å²) in [5.74, 6) is 0.755. The number of guanidine groups is 1. The van der Waals surface area contributed by atoms with Gasteiger partial charge in [0.25, 0.3) is 0 Å². The molecule has 0 aliphatic carbocycles. The van der Waals surface area contributed by atoms with Crippen LogP contribution in [0.1, 0.15) is 0 Å². The van der Waals surface area contributed by atoms with Crippen molar-refractivity contribution in [1.82, 2.24) is 10.7 Å². The first-order chi connectivity index (χ1) is 6.86. The Hall–Kier alpha value is -1.42. The second kappa shape index (κ2) is 4.19. The van der Waals surface area contributed by atoms with Gasteiger partial charge >= 0.3 is 0 Å². The lowest BCUT2D eigenvalue weighted by Crippen LogP contribution is -2.37. The minimum atomic E-state index is 0.679. The van der Waals surface area contributed by atoms with Crippen LogP contribution in [-0.4, -0.2) is 19.0 Å². The first kappa shape index (κ1) is 9.15. The molecule has 74 valence electrons. The predicted octanol–water partition coefficient (Wildman–Crippen LogP) is 1.22. The highest BCUT2D eigenvalue weighted by molar-refractivity contribution is 6.33. The number of para-hydroxylation sites is 1. The van der Waals surface area contributed by atoms with Gasteiger partial charge in [-0.1, -0.05) is 23.7 Å². The van der Waals surface area contributed by atoms with Crippen molar-refractivity contribution in [1.29, 1.82) is 0 Å².